The molecule has 0 radical (unpaired) electrons. The lowest BCUT2D eigenvalue weighted by Gasteiger charge is -2.36. The Kier molecular flexibility index (Phi) is 4.04. The Hall–Kier alpha value is -1.56. The molecule has 6 heteroatoms. The van der Waals surface area contributed by atoms with Gasteiger partial charge in [0, 0.05) is 17.0 Å². The number of hydrogen-bond donors (Lipinski definition) is 1. The standard InChI is InChI=1S/C14H20N2O3S/c1-14(2,3)15-13(18)16-7-5-10-9(6-8-20-10)11(16)12(17)19-4/h6,8,11H,5,7H2,1-4H3,(H,15,18). The average Bonchev–Trinajstić information content (AvgIpc) is 2.82. The van der Waals surface area contributed by atoms with E-state index in [0.717, 1.165) is 16.9 Å². The minimum absolute atomic E-state index is 0.232. The fourth-order valence-electron chi connectivity index (χ4n) is 2.29. The fraction of sp³-hybridized carbons (Fsp3) is 0.571. The number of urea groups is 1. The zero-order valence-electron chi connectivity index (χ0n) is 12.2. The number of nitrogens with zero attached hydrogens (tertiary/aromatic N) is 1. The lowest BCUT2D eigenvalue weighted by atomic mass is 10.00. The first-order valence-corrected chi connectivity index (χ1v) is 7.44. The van der Waals surface area contributed by atoms with Crippen LogP contribution in [0.1, 0.15) is 37.3 Å². The number of methoxy groups -OCH3 is 1. The molecule has 0 fully saturated rings. The molecule has 1 aliphatic rings. The van der Waals surface area contributed by atoms with Crippen molar-refractivity contribution in [3.63, 3.8) is 0 Å². The predicted octanol–water partition coefficient (Wildman–Crippen LogP) is 2.33. The van der Waals surface area contributed by atoms with Gasteiger partial charge in [-0.05, 0) is 44.2 Å². The third kappa shape index (κ3) is 2.95. The highest BCUT2D eigenvalue weighted by Crippen LogP contribution is 2.34. The van der Waals surface area contributed by atoms with E-state index in [0.29, 0.717) is 6.54 Å². The Labute approximate surface area is 122 Å². The molecule has 2 amide bonds. The molecule has 1 aliphatic heterocycles. The maximum absolute atomic E-state index is 12.4. The average molecular weight is 296 g/mol. The second kappa shape index (κ2) is 5.44. The van der Waals surface area contributed by atoms with Gasteiger partial charge in [0.2, 0.25) is 0 Å². The molecule has 20 heavy (non-hydrogen) atoms. The number of rotatable bonds is 1. The van der Waals surface area contributed by atoms with Crippen LogP contribution in [0, 0.1) is 0 Å². The molecule has 1 aromatic rings. The summed E-state index contributed by atoms with van der Waals surface area (Å²) in [6, 6.07) is 1.03. The van der Waals surface area contributed by atoms with Gasteiger partial charge in [-0.25, -0.2) is 9.59 Å². The molecule has 5 nitrogen and oxygen atoms in total. The van der Waals surface area contributed by atoms with Crippen molar-refractivity contribution in [2.75, 3.05) is 13.7 Å². The van der Waals surface area contributed by atoms with Crippen molar-refractivity contribution < 1.29 is 14.3 Å². The molecule has 0 bridgehead atoms. The van der Waals surface area contributed by atoms with E-state index in [1.807, 2.05) is 32.2 Å². The van der Waals surface area contributed by atoms with Crippen LogP contribution in [-0.4, -0.2) is 36.1 Å². The van der Waals surface area contributed by atoms with Crippen LogP contribution < -0.4 is 5.32 Å². The number of carbonyl (C=O) groups is 2. The zero-order valence-corrected chi connectivity index (χ0v) is 13.0. The molecule has 0 spiro atoms. The van der Waals surface area contributed by atoms with Crippen molar-refractivity contribution >= 4 is 23.3 Å². The molecule has 1 N–H and O–H groups in total. The molecule has 0 aliphatic carbocycles. The van der Waals surface area contributed by atoms with E-state index in [2.05, 4.69) is 5.32 Å². The zero-order chi connectivity index (χ0) is 14.9. The predicted molar refractivity (Wildman–Crippen MR) is 77.8 cm³/mol. The van der Waals surface area contributed by atoms with Gasteiger partial charge >= 0.3 is 12.0 Å². The third-order valence-corrected chi connectivity index (χ3v) is 4.13. The second-order valence-electron chi connectivity index (χ2n) is 5.85. The number of fused-ring (bicyclic) bond motifs is 1. The Morgan fingerprint density at radius 1 is 1.45 bits per heavy atom. The van der Waals surface area contributed by atoms with E-state index < -0.39 is 12.0 Å². The quantitative estimate of drug-likeness (QED) is 0.809. The van der Waals surface area contributed by atoms with Crippen molar-refractivity contribution in [2.45, 2.75) is 38.8 Å². The molecular weight excluding hydrogens is 276 g/mol. The normalized spacial score (nSPS) is 18.4. The van der Waals surface area contributed by atoms with Crippen LogP contribution in [0.25, 0.3) is 0 Å². The van der Waals surface area contributed by atoms with Gasteiger partial charge in [-0.1, -0.05) is 0 Å². The summed E-state index contributed by atoms with van der Waals surface area (Å²) in [5.41, 5.74) is 0.546. The van der Waals surface area contributed by atoms with Gasteiger partial charge in [0.15, 0.2) is 6.04 Å². The van der Waals surface area contributed by atoms with Gasteiger partial charge in [0.05, 0.1) is 7.11 Å². The van der Waals surface area contributed by atoms with Crippen LogP contribution in [0.5, 0.6) is 0 Å². The van der Waals surface area contributed by atoms with Crippen molar-refractivity contribution in [1.29, 1.82) is 0 Å². The van der Waals surface area contributed by atoms with Crippen LogP contribution in [-0.2, 0) is 16.0 Å². The monoisotopic (exact) mass is 296 g/mol. The van der Waals surface area contributed by atoms with E-state index in [9.17, 15) is 9.59 Å². The van der Waals surface area contributed by atoms with Crippen molar-refractivity contribution in [3.05, 3.63) is 21.9 Å². The van der Waals surface area contributed by atoms with Crippen molar-refractivity contribution in [3.8, 4) is 0 Å². The maximum atomic E-state index is 12.4. The lowest BCUT2D eigenvalue weighted by molar-refractivity contribution is -0.146. The number of hydrogen-bond acceptors (Lipinski definition) is 4. The van der Waals surface area contributed by atoms with Gasteiger partial charge in [0.1, 0.15) is 0 Å². The molecule has 1 unspecified atom stereocenters. The molecule has 110 valence electrons. The Bertz CT molecular complexity index is 519. The third-order valence-electron chi connectivity index (χ3n) is 3.13. The molecule has 0 aromatic carbocycles. The summed E-state index contributed by atoms with van der Waals surface area (Å²) in [7, 11) is 1.35. The maximum Gasteiger partial charge on any atom is 0.333 e. The van der Waals surface area contributed by atoms with Crippen molar-refractivity contribution in [1.82, 2.24) is 10.2 Å². The minimum atomic E-state index is -0.641. The Morgan fingerprint density at radius 2 is 2.15 bits per heavy atom. The van der Waals surface area contributed by atoms with Crippen LogP contribution in [0.15, 0.2) is 11.4 Å². The van der Waals surface area contributed by atoms with E-state index in [4.69, 9.17) is 4.74 Å². The molecule has 0 saturated carbocycles. The first-order valence-electron chi connectivity index (χ1n) is 6.56. The van der Waals surface area contributed by atoms with E-state index in [1.54, 1.807) is 16.2 Å². The lowest BCUT2D eigenvalue weighted by Crippen LogP contribution is -2.52. The van der Waals surface area contributed by atoms with E-state index >= 15 is 0 Å². The Morgan fingerprint density at radius 3 is 2.75 bits per heavy atom. The largest absolute Gasteiger partial charge is 0.467 e. The van der Waals surface area contributed by atoms with E-state index in [1.165, 1.54) is 7.11 Å². The molecule has 2 rings (SSSR count). The van der Waals surface area contributed by atoms with Crippen LogP contribution in [0.4, 0.5) is 4.79 Å². The van der Waals surface area contributed by atoms with Crippen molar-refractivity contribution in [2.24, 2.45) is 0 Å². The number of ether oxygens (including phenoxy) is 1. The highest BCUT2D eigenvalue weighted by molar-refractivity contribution is 7.10. The summed E-state index contributed by atoms with van der Waals surface area (Å²) < 4.78 is 4.87. The van der Waals surface area contributed by atoms with Gasteiger partial charge < -0.3 is 15.0 Å². The summed E-state index contributed by atoms with van der Waals surface area (Å²) in [5, 5.41) is 4.85. The minimum Gasteiger partial charge on any atom is -0.467 e. The second-order valence-corrected chi connectivity index (χ2v) is 6.85. The fourth-order valence-corrected chi connectivity index (χ4v) is 3.20. The topological polar surface area (TPSA) is 58.6 Å². The van der Waals surface area contributed by atoms with Crippen LogP contribution in [0.3, 0.4) is 0 Å². The van der Waals surface area contributed by atoms with Crippen LogP contribution >= 0.6 is 11.3 Å². The summed E-state index contributed by atoms with van der Waals surface area (Å²) in [6.07, 6.45) is 0.776. The van der Waals surface area contributed by atoms with Gasteiger partial charge in [0.25, 0.3) is 0 Å². The molecule has 1 atom stereocenters. The first-order chi connectivity index (χ1) is 9.33. The Balaban J connectivity index is 2.29. The summed E-state index contributed by atoms with van der Waals surface area (Å²) >= 11 is 1.62. The number of amides is 2. The summed E-state index contributed by atoms with van der Waals surface area (Å²) in [5.74, 6) is -0.395. The number of thiophene rings is 1. The SMILES string of the molecule is COC(=O)C1c2ccsc2CCN1C(=O)NC(C)(C)C. The molecular formula is C14H20N2O3S. The van der Waals surface area contributed by atoms with Crippen LogP contribution in [0.2, 0.25) is 0 Å². The number of esters is 1. The molecule has 1 aromatic heterocycles. The molecule has 2 heterocycles. The van der Waals surface area contributed by atoms with Gasteiger partial charge in [-0.15, -0.1) is 11.3 Å². The summed E-state index contributed by atoms with van der Waals surface area (Å²) in [4.78, 5) is 27.2. The smallest absolute Gasteiger partial charge is 0.333 e. The van der Waals surface area contributed by atoms with E-state index in [-0.39, 0.29) is 11.6 Å². The number of carbonyl (C=O) groups excluding carboxylic acids is 2. The van der Waals surface area contributed by atoms with Gasteiger partial charge in [-0.2, -0.15) is 0 Å². The van der Waals surface area contributed by atoms with Gasteiger partial charge in [-0.3, -0.25) is 0 Å². The number of nitrogens with one attached hydrogen (secondary N) is 1. The first kappa shape index (κ1) is 14.8. The highest BCUT2D eigenvalue weighted by Gasteiger charge is 2.38. The summed E-state index contributed by atoms with van der Waals surface area (Å²) in [6.45, 7) is 6.27. The highest BCUT2D eigenvalue weighted by atomic mass is 32.1. The molecule has 0 saturated heterocycles.